The molecule has 0 N–H and O–H groups in total. The summed E-state index contributed by atoms with van der Waals surface area (Å²) in [5.41, 5.74) is 1.52. The predicted octanol–water partition coefficient (Wildman–Crippen LogP) is 3.68. The molecular formula is C21H26ClFN4O. The normalized spacial score (nSPS) is 14.9. The summed E-state index contributed by atoms with van der Waals surface area (Å²) in [6.07, 6.45) is 1.67. The molecule has 150 valence electrons. The molecule has 0 unspecified atom stereocenters. The molecule has 1 aliphatic rings. The van der Waals surface area contributed by atoms with Gasteiger partial charge in [-0.25, -0.2) is 9.37 Å². The van der Waals surface area contributed by atoms with E-state index in [4.69, 9.17) is 11.6 Å². The number of carbonyl (C=O) groups excluding carboxylic acids is 1. The van der Waals surface area contributed by atoms with Crippen LogP contribution in [0.4, 0.5) is 10.2 Å². The standard InChI is InChI=1S/C21H26ClFN4O/c1-3-26(4-2)20-8-6-16(14-24-20)21(28)27-11-9-25(10-12-27)15-17-5-7-18(23)13-19(17)22/h5-8,13-14H,3-4,9-12,15H2,1-2H3. The van der Waals surface area contributed by atoms with Crippen molar-refractivity contribution < 1.29 is 9.18 Å². The smallest absolute Gasteiger partial charge is 0.255 e. The lowest BCUT2D eigenvalue weighted by atomic mass is 10.1. The minimum Gasteiger partial charge on any atom is -0.357 e. The van der Waals surface area contributed by atoms with Crippen molar-refractivity contribution in [2.45, 2.75) is 20.4 Å². The third kappa shape index (κ3) is 4.80. The highest BCUT2D eigenvalue weighted by Crippen LogP contribution is 2.20. The third-order valence-corrected chi connectivity index (χ3v) is 5.50. The molecule has 1 aromatic carbocycles. The average molecular weight is 405 g/mol. The maximum absolute atomic E-state index is 13.2. The van der Waals surface area contributed by atoms with Crippen LogP contribution in [0.5, 0.6) is 0 Å². The van der Waals surface area contributed by atoms with Gasteiger partial charge in [-0.3, -0.25) is 9.69 Å². The average Bonchev–Trinajstić information content (AvgIpc) is 2.71. The SMILES string of the molecule is CCN(CC)c1ccc(C(=O)N2CCN(Cc3ccc(F)cc3Cl)CC2)cn1. The molecular weight excluding hydrogens is 379 g/mol. The van der Waals surface area contributed by atoms with Gasteiger partial charge >= 0.3 is 0 Å². The minimum atomic E-state index is -0.329. The second-order valence-corrected chi connectivity index (χ2v) is 7.29. The Balaban J connectivity index is 1.56. The molecule has 2 heterocycles. The fraction of sp³-hybridized carbons (Fsp3) is 0.429. The lowest BCUT2D eigenvalue weighted by molar-refractivity contribution is 0.0628. The summed E-state index contributed by atoms with van der Waals surface area (Å²) in [5.74, 6) is 0.574. The lowest BCUT2D eigenvalue weighted by Crippen LogP contribution is -2.48. The van der Waals surface area contributed by atoms with E-state index in [0.29, 0.717) is 30.2 Å². The number of anilines is 1. The topological polar surface area (TPSA) is 39.7 Å². The zero-order valence-corrected chi connectivity index (χ0v) is 17.1. The van der Waals surface area contributed by atoms with Gasteiger partial charge in [0, 0.05) is 57.0 Å². The molecule has 3 rings (SSSR count). The number of hydrogen-bond acceptors (Lipinski definition) is 4. The Labute approximate surface area is 170 Å². The van der Waals surface area contributed by atoms with Gasteiger partial charge in [-0.15, -0.1) is 0 Å². The van der Waals surface area contributed by atoms with Crippen LogP contribution in [0.2, 0.25) is 5.02 Å². The number of amides is 1. The van der Waals surface area contributed by atoms with Gasteiger partial charge in [0.1, 0.15) is 11.6 Å². The number of halogens is 2. The molecule has 0 aliphatic carbocycles. The van der Waals surface area contributed by atoms with Crippen LogP contribution < -0.4 is 4.90 Å². The number of pyridine rings is 1. The van der Waals surface area contributed by atoms with Gasteiger partial charge in [0.2, 0.25) is 0 Å². The summed E-state index contributed by atoms with van der Waals surface area (Å²) in [7, 11) is 0. The quantitative estimate of drug-likeness (QED) is 0.736. The first-order chi connectivity index (χ1) is 13.5. The van der Waals surface area contributed by atoms with Gasteiger partial charge in [-0.1, -0.05) is 17.7 Å². The highest BCUT2D eigenvalue weighted by atomic mass is 35.5. The van der Waals surface area contributed by atoms with Crippen LogP contribution in [0.25, 0.3) is 0 Å². The molecule has 1 fully saturated rings. The number of rotatable bonds is 6. The van der Waals surface area contributed by atoms with E-state index in [0.717, 1.165) is 37.6 Å². The van der Waals surface area contributed by atoms with E-state index in [1.54, 1.807) is 12.3 Å². The van der Waals surface area contributed by atoms with Gasteiger partial charge in [-0.05, 0) is 43.7 Å². The first kappa shape index (κ1) is 20.6. The van der Waals surface area contributed by atoms with Crippen LogP contribution in [0.15, 0.2) is 36.5 Å². The molecule has 1 saturated heterocycles. The number of hydrogen-bond donors (Lipinski definition) is 0. The zero-order chi connectivity index (χ0) is 20.1. The first-order valence-corrected chi connectivity index (χ1v) is 10.1. The molecule has 28 heavy (non-hydrogen) atoms. The van der Waals surface area contributed by atoms with Crippen molar-refractivity contribution in [3.8, 4) is 0 Å². The van der Waals surface area contributed by atoms with E-state index in [1.165, 1.54) is 12.1 Å². The Morgan fingerprint density at radius 1 is 1.14 bits per heavy atom. The van der Waals surface area contributed by atoms with Crippen LogP contribution in [0, 0.1) is 5.82 Å². The van der Waals surface area contributed by atoms with Crippen LogP contribution in [-0.2, 0) is 6.54 Å². The van der Waals surface area contributed by atoms with Crippen molar-refractivity contribution in [3.05, 3.63) is 58.5 Å². The Morgan fingerprint density at radius 3 is 2.43 bits per heavy atom. The number of aromatic nitrogens is 1. The molecule has 0 radical (unpaired) electrons. The molecule has 1 aromatic heterocycles. The second-order valence-electron chi connectivity index (χ2n) is 6.88. The second kappa shape index (κ2) is 9.34. The van der Waals surface area contributed by atoms with Crippen molar-refractivity contribution in [1.29, 1.82) is 0 Å². The Hall–Kier alpha value is -2.18. The molecule has 2 aromatic rings. The van der Waals surface area contributed by atoms with Crippen LogP contribution in [0.3, 0.4) is 0 Å². The molecule has 0 bridgehead atoms. The maximum Gasteiger partial charge on any atom is 0.255 e. The zero-order valence-electron chi connectivity index (χ0n) is 16.4. The maximum atomic E-state index is 13.2. The van der Waals surface area contributed by atoms with E-state index in [9.17, 15) is 9.18 Å². The van der Waals surface area contributed by atoms with Gasteiger partial charge in [0.25, 0.3) is 5.91 Å². The number of benzene rings is 1. The van der Waals surface area contributed by atoms with Gasteiger partial charge in [0.15, 0.2) is 0 Å². The lowest BCUT2D eigenvalue weighted by Gasteiger charge is -2.35. The summed E-state index contributed by atoms with van der Waals surface area (Å²) in [6.45, 7) is 9.40. The van der Waals surface area contributed by atoms with Crippen LogP contribution >= 0.6 is 11.6 Å². The molecule has 7 heteroatoms. The highest BCUT2D eigenvalue weighted by Gasteiger charge is 2.23. The van der Waals surface area contributed by atoms with Crippen LogP contribution in [-0.4, -0.2) is 60.0 Å². The molecule has 1 amide bonds. The fourth-order valence-corrected chi connectivity index (χ4v) is 3.66. The monoisotopic (exact) mass is 404 g/mol. The van der Waals surface area contributed by atoms with Gasteiger partial charge in [0.05, 0.1) is 5.56 Å². The Morgan fingerprint density at radius 2 is 1.86 bits per heavy atom. The summed E-state index contributed by atoms with van der Waals surface area (Å²) < 4.78 is 13.2. The van der Waals surface area contributed by atoms with E-state index in [-0.39, 0.29) is 11.7 Å². The van der Waals surface area contributed by atoms with E-state index < -0.39 is 0 Å². The largest absolute Gasteiger partial charge is 0.357 e. The Bertz CT molecular complexity index is 803. The molecule has 0 saturated carbocycles. The fourth-order valence-electron chi connectivity index (χ4n) is 3.43. The molecule has 1 aliphatic heterocycles. The van der Waals surface area contributed by atoms with Crippen LogP contribution in [0.1, 0.15) is 29.8 Å². The minimum absolute atomic E-state index is 0.0121. The van der Waals surface area contributed by atoms with Crippen molar-refractivity contribution in [3.63, 3.8) is 0 Å². The van der Waals surface area contributed by atoms with Crippen molar-refractivity contribution in [1.82, 2.24) is 14.8 Å². The van der Waals surface area contributed by atoms with E-state index in [2.05, 4.69) is 28.6 Å². The Kier molecular flexibility index (Phi) is 6.86. The van der Waals surface area contributed by atoms with Crippen molar-refractivity contribution >= 4 is 23.3 Å². The number of piperazine rings is 1. The molecule has 5 nitrogen and oxygen atoms in total. The van der Waals surface area contributed by atoms with Gasteiger partial charge in [-0.2, -0.15) is 0 Å². The third-order valence-electron chi connectivity index (χ3n) is 5.15. The molecule has 0 atom stereocenters. The predicted molar refractivity (Wildman–Crippen MR) is 110 cm³/mol. The van der Waals surface area contributed by atoms with Gasteiger partial charge < -0.3 is 9.80 Å². The summed E-state index contributed by atoms with van der Waals surface area (Å²) in [4.78, 5) is 23.4. The summed E-state index contributed by atoms with van der Waals surface area (Å²) in [5, 5.41) is 0.442. The van der Waals surface area contributed by atoms with E-state index >= 15 is 0 Å². The number of nitrogens with zero attached hydrogens (tertiary/aromatic N) is 4. The van der Waals surface area contributed by atoms with Crippen molar-refractivity contribution in [2.24, 2.45) is 0 Å². The first-order valence-electron chi connectivity index (χ1n) is 9.68. The van der Waals surface area contributed by atoms with Crippen molar-refractivity contribution in [2.75, 3.05) is 44.2 Å². The summed E-state index contributed by atoms with van der Waals surface area (Å²) in [6, 6.07) is 8.25. The molecule has 0 spiro atoms. The summed E-state index contributed by atoms with van der Waals surface area (Å²) >= 11 is 6.12. The van der Waals surface area contributed by atoms with E-state index in [1.807, 2.05) is 17.0 Å². The number of carbonyl (C=O) groups is 1. The highest BCUT2D eigenvalue weighted by molar-refractivity contribution is 6.31.